The van der Waals surface area contributed by atoms with E-state index in [-0.39, 0.29) is 19.1 Å². The average Bonchev–Trinajstić information content (AvgIpc) is 3.15. The van der Waals surface area contributed by atoms with Gasteiger partial charge in [-0.25, -0.2) is 4.57 Å². The van der Waals surface area contributed by atoms with Gasteiger partial charge in [-0.2, -0.15) is 0 Å². The van der Waals surface area contributed by atoms with Crippen LogP contribution in [0, 0.1) is 0 Å². The molecule has 0 saturated carbocycles. The normalized spacial score (nSPS) is 15.1. The van der Waals surface area contributed by atoms with Gasteiger partial charge in [-0.05, 0) is 77.0 Å². The fourth-order valence-electron chi connectivity index (χ4n) is 5.85. The number of aliphatic hydroxyl groups is 1. The maximum Gasteiger partial charge on any atom is 0.472 e. The van der Waals surface area contributed by atoms with Crippen LogP contribution >= 0.6 is 7.82 Å². The SMILES string of the molecule is CC/C=C\C/C=C\C/C=C\CCCCCC(=O)NC(COP(=O)(O)OCC[N+](C)(C)C)C(O)/C=C/CC/C=C/CC/C=C/CCCCCCCCCCCCC. The van der Waals surface area contributed by atoms with Crippen LogP contribution < -0.4 is 5.32 Å². The van der Waals surface area contributed by atoms with E-state index in [2.05, 4.69) is 79.9 Å². The van der Waals surface area contributed by atoms with E-state index in [1.165, 1.54) is 77.0 Å². The predicted octanol–water partition coefficient (Wildman–Crippen LogP) is 12.4. The third-order valence-corrected chi connectivity index (χ3v) is 10.4. The number of nitrogens with one attached hydrogen (secondary N) is 1. The first-order valence-electron chi connectivity index (χ1n) is 22.3. The number of hydrogen-bond acceptors (Lipinski definition) is 5. The van der Waals surface area contributed by atoms with Crippen molar-refractivity contribution >= 4 is 13.7 Å². The monoisotopic (exact) mass is 806 g/mol. The van der Waals surface area contributed by atoms with Crippen molar-refractivity contribution in [3.8, 4) is 0 Å². The lowest BCUT2D eigenvalue weighted by molar-refractivity contribution is -0.870. The van der Waals surface area contributed by atoms with Crippen LogP contribution in [0.1, 0.15) is 168 Å². The van der Waals surface area contributed by atoms with E-state index in [4.69, 9.17) is 9.05 Å². The highest BCUT2D eigenvalue weighted by molar-refractivity contribution is 7.47. The average molecular weight is 806 g/mol. The highest BCUT2D eigenvalue weighted by Crippen LogP contribution is 2.43. The van der Waals surface area contributed by atoms with E-state index < -0.39 is 20.0 Å². The van der Waals surface area contributed by atoms with E-state index >= 15 is 0 Å². The lowest BCUT2D eigenvalue weighted by Crippen LogP contribution is -2.45. The number of nitrogens with zero attached hydrogens (tertiary/aromatic N) is 1. The molecule has 0 spiro atoms. The molecule has 0 rings (SSSR count). The van der Waals surface area contributed by atoms with Crippen molar-refractivity contribution < 1.29 is 32.9 Å². The molecule has 0 heterocycles. The summed E-state index contributed by atoms with van der Waals surface area (Å²) in [6.45, 7) is 4.62. The lowest BCUT2D eigenvalue weighted by atomic mass is 10.1. The van der Waals surface area contributed by atoms with Gasteiger partial charge in [0.25, 0.3) is 0 Å². The zero-order chi connectivity index (χ0) is 41.4. The van der Waals surface area contributed by atoms with Crippen LogP contribution in [0.5, 0.6) is 0 Å². The van der Waals surface area contributed by atoms with Gasteiger partial charge in [0.15, 0.2) is 0 Å². The number of rotatable bonds is 39. The Labute approximate surface area is 344 Å². The molecule has 0 saturated heterocycles. The van der Waals surface area contributed by atoms with Crippen molar-refractivity contribution in [3.63, 3.8) is 0 Å². The number of phosphoric acid groups is 1. The minimum absolute atomic E-state index is 0.0442. The second-order valence-corrected chi connectivity index (χ2v) is 17.5. The minimum atomic E-state index is -4.36. The summed E-state index contributed by atoms with van der Waals surface area (Å²) in [7, 11) is 1.51. The summed E-state index contributed by atoms with van der Waals surface area (Å²) in [4.78, 5) is 23.1. The number of quaternary nitrogens is 1. The molecule has 0 fully saturated rings. The molecule has 3 atom stereocenters. The second kappa shape index (κ2) is 38.5. The fraction of sp³-hybridized carbons (Fsp3) is 0.723. The molecule has 0 bridgehead atoms. The van der Waals surface area contributed by atoms with Gasteiger partial charge in [0.2, 0.25) is 5.91 Å². The summed E-state index contributed by atoms with van der Waals surface area (Å²) in [5, 5.41) is 13.8. The van der Waals surface area contributed by atoms with E-state index in [0.717, 1.165) is 70.6 Å². The van der Waals surface area contributed by atoms with Crippen LogP contribution in [0.4, 0.5) is 0 Å². The molecule has 0 aromatic heterocycles. The molecular weight excluding hydrogens is 719 g/mol. The largest absolute Gasteiger partial charge is 0.472 e. The smallest absolute Gasteiger partial charge is 0.387 e. The number of allylic oxidation sites excluding steroid dienone is 11. The van der Waals surface area contributed by atoms with Crippen LogP contribution in [0.15, 0.2) is 72.9 Å². The molecule has 0 radical (unpaired) electrons. The third-order valence-electron chi connectivity index (χ3n) is 9.39. The molecule has 324 valence electrons. The molecule has 8 nitrogen and oxygen atoms in total. The number of hydrogen-bond donors (Lipinski definition) is 3. The summed E-state index contributed by atoms with van der Waals surface area (Å²) < 4.78 is 23.5. The molecule has 3 unspecified atom stereocenters. The number of carbonyl (C=O) groups excluding carboxylic acids is 1. The molecule has 0 aliphatic rings. The number of likely N-dealkylation sites (N-methyl/N-ethyl adjacent to an activating group) is 1. The maximum absolute atomic E-state index is 12.8. The third kappa shape index (κ3) is 40.1. The van der Waals surface area contributed by atoms with Crippen LogP contribution in [-0.4, -0.2) is 73.4 Å². The van der Waals surface area contributed by atoms with Crippen LogP contribution in [0.2, 0.25) is 0 Å². The van der Waals surface area contributed by atoms with Crippen LogP contribution in [0.25, 0.3) is 0 Å². The molecule has 0 aromatic carbocycles. The number of amides is 1. The van der Waals surface area contributed by atoms with Crippen LogP contribution in [0.3, 0.4) is 0 Å². The van der Waals surface area contributed by atoms with Gasteiger partial charge >= 0.3 is 7.82 Å². The van der Waals surface area contributed by atoms with Crippen molar-refractivity contribution in [3.05, 3.63) is 72.9 Å². The number of aliphatic hydroxyl groups excluding tert-OH is 1. The van der Waals surface area contributed by atoms with Gasteiger partial charge in [-0.3, -0.25) is 13.8 Å². The molecular formula is C47H86N2O6P+. The Kier molecular flexibility index (Phi) is 37.0. The Morgan fingerprint density at radius 2 is 1.09 bits per heavy atom. The molecule has 1 amide bonds. The Morgan fingerprint density at radius 3 is 1.64 bits per heavy atom. The van der Waals surface area contributed by atoms with E-state index in [1.54, 1.807) is 6.08 Å². The minimum Gasteiger partial charge on any atom is -0.387 e. The predicted molar refractivity (Wildman–Crippen MR) is 240 cm³/mol. The van der Waals surface area contributed by atoms with E-state index in [0.29, 0.717) is 17.4 Å². The van der Waals surface area contributed by atoms with Gasteiger partial charge < -0.3 is 19.8 Å². The number of phosphoric ester groups is 1. The Bertz CT molecular complexity index is 1140. The Hall–Kier alpha value is -2.06. The van der Waals surface area contributed by atoms with E-state index in [9.17, 15) is 19.4 Å². The molecule has 3 N–H and O–H groups in total. The zero-order valence-electron chi connectivity index (χ0n) is 36.6. The highest BCUT2D eigenvalue weighted by atomic mass is 31.2. The van der Waals surface area contributed by atoms with Gasteiger partial charge in [-0.1, -0.05) is 157 Å². The second-order valence-electron chi connectivity index (χ2n) is 16.0. The molecule has 0 aliphatic carbocycles. The van der Waals surface area contributed by atoms with Gasteiger partial charge in [0.05, 0.1) is 39.9 Å². The van der Waals surface area contributed by atoms with Crippen molar-refractivity contribution in [2.75, 3.05) is 40.9 Å². The molecule has 9 heteroatoms. The summed E-state index contributed by atoms with van der Waals surface area (Å²) in [6, 6.07) is -0.887. The van der Waals surface area contributed by atoms with Crippen molar-refractivity contribution in [1.29, 1.82) is 0 Å². The lowest BCUT2D eigenvalue weighted by Gasteiger charge is -2.25. The first-order chi connectivity index (χ1) is 27.0. The summed E-state index contributed by atoms with van der Waals surface area (Å²) >= 11 is 0. The van der Waals surface area contributed by atoms with Gasteiger partial charge in [0.1, 0.15) is 13.2 Å². The standard InChI is InChI=1S/C47H85N2O6P/c1-6-8-10-12-14-16-18-20-21-22-23-24-25-26-27-29-30-32-34-36-38-40-46(50)45(44-55-56(52,53)54-43-42-49(3,4)5)48-47(51)41-39-37-35-33-31-28-19-17-15-13-11-9-7-2/h9,11,15,17,25-26,28,30-32,38,40,45-46,50H,6-8,10,12-14,16,18-24,27,29,33-37,39,41-44H2,1-5H3,(H-,48,51,52,53)/p+1/b11-9-,17-15-,26-25+,31-28-,32-30+,40-38+. The fourth-order valence-corrected chi connectivity index (χ4v) is 6.59. The highest BCUT2D eigenvalue weighted by Gasteiger charge is 2.27. The molecule has 56 heavy (non-hydrogen) atoms. The Balaban J connectivity index is 4.53. The molecule has 0 aromatic rings. The van der Waals surface area contributed by atoms with Crippen molar-refractivity contribution in [2.24, 2.45) is 0 Å². The first-order valence-corrected chi connectivity index (χ1v) is 23.8. The van der Waals surface area contributed by atoms with Gasteiger partial charge in [0, 0.05) is 6.42 Å². The first kappa shape index (κ1) is 53.9. The summed E-state index contributed by atoms with van der Waals surface area (Å²) in [5.41, 5.74) is 0. The topological polar surface area (TPSA) is 105 Å². The quantitative estimate of drug-likeness (QED) is 0.0247. The number of carbonyl (C=O) groups is 1. The van der Waals surface area contributed by atoms with Crippen molar-refractivity contribution in [1.82, 2.24) is 5.32 Å². The Morgan fingerprint density at radius 1 is 0.625 bits per heavy atom. The van der Waals surface area contributed by atoms with Gasteiger partial charge in [-0.15, -0.1) is 0 Å². The van der Waals surface area contributed by atoms with E-state index in [1.807, 2.05) is 27.2 Å². The van der Waals surface area contributed by atoms with Crippen LogP contribution in [-0.2, 0) is 18.4 Å². The summed E-state index contributed by atoms with van der Waals surface area (Å²) in [5.74, 6) is -0.224. The van der Waals surface area contributed by atoms with Crippen molar-refractivity contribution in [2.45, 2.75) is 180 Å². The number of unbranched alkanes of at least 4 members (excludes halogenated alkanes) is 16. The maximum atomic E-state index is 12.8. The summed E-state index contributed by atoms with van der Waals surface area (Å²) in [6.07, 6.45) is 51.3. The molecule has 0 aliphatic heterocycles. The zero-order valence-corrected chi connectivity index (χ0v) is 37.5.